The molecule has 0 unspecified atom stereocenters. The van der Waals surface area contributed by atoms with Crippen LogP contribution in [0, 0.1) is 11.3 Å². The van der Waals surface area contributed by atoms with Crippen LogP contribution in [0.15, 0.2) is 28.8 Å². The van der Waals surface area contributed by atoms with Crippen LogP contribution in [0.25, 0.3) is 0 Å². The molecule has 96 valence electrons. The maximum absolute atomic E-state index is 9.23. The highest BCUT2D eigenvalue weighted by atomic mass is 35.5. The quantitative estimate of drug-likeness (QED) is 0.861. The number of hydrogen-bond donors (Lipinski definition) is 0. The Hall–Kier alpha value is -1.86. The van der Waals surface area contributed by atoms with Gasteiger partial charge in [-0.2, -0.15) is 10.2 Å². The van der Waals surface area contributed by atoms with Crippen LogP contribution in [0.2, 0.25) is 5.02 Å². The molecule has 1 heterocycles. The summed E-state index contributed by atoms with van der Waals surface area (Å²) >= 11 is 5.94. The zero-order valence-corrected chi connectivity index (χ0v) is 11.0. The number of nitriles is 1. The second-order valence-corrected chi connectivity index (χ2v) is 5.31. The molecule has 0 bridgehead atoms. The lowest BCUT2D eigenvalue weighted by molar-refractivity contribution is 0.231. The average molecular weight is 274 g/mol. The van der Waals surface area contributed by atoms with E-state index in [1.54, 1.807) is 0 Å². The lowest BCUT2D eigenvalue weighted by atomic mass is 9.70. The summed E-state index contributed by atoms with van der Waals surface area (Å²) in [5, 5.41) is 13.9. The van der Waals surface area contributed by atoms with Crippen molar-refractivity contribution in [3.63, 3.8) is 0 Å². The standard InChI is InChI=1S/C14H12ClN3O/c15-11-4-1-3-10(7-11)8-12-17-13(19-18-12)14(9-16)5-2-6-14/h1,3-4,7H,2,5-6,8H2. The summed E-state index contributed by atoms with van der Waals surface area (Å²) in [7, 11) is 0. The molecule has 4 nitrogen and oxygen atoms in total. The van der Waals surface area contributed by atoms with E-state index in [-0.39, 0.29) is 0 Å². The Balaban J connectivity index is 1.81. The number of halogens is 1. The first-order chi connectivity index (χ1) is 9.22. The van der Waals surface area contributed by atoms with E-state index < -0.39 is 5.41 Å². The van der Waals surface area contributed by atoms with Gasteiger partial charge in [-0.3, -0.25) is 0 Å². The summed E-state index contributed by atoms with van der Waals surface area (Å²) in [5.41, 5.74) is 0.485. The van der Waals surface area contributed by atoms with Gasteiger partial charge < -0.3 is 4.52 Å². The monoisotopic (exact) mass is 273 g/mol. The van der Waals surface area contributed by atoms with Crippen LogP contribution in [0.1, 0.15) is 36.5 Å². The van der Waals surface area contributed by atoms with Gasteiger partial charge >= 0.3 is 0 Å². The third kappa shape index (κ3) is 2.22. The number of benzene rings is 1. The minimum atomic E-state index is -0.542. The SMILES string of the molecule is N#CC1(c2nc(Cc3cccc(Cl)c3)no2)CCC1. The maximum Gasteiger partial charge on any atom is 0.247 e. The molecule has 1 fully saturated rings. The zero-order chi connectivity index (χ0) is 13.3. The van der Waals surface area contributed by atoms with Gasteiger partial charge in [0, 0.05) is 11.4 Å². The van der Waals surface area contributed by atoms with Crippen molar-refractivity contribution in [2.24, 2.45) is 0 Å². The highest BCUT2D eigenvalue weighted by molar-refractivity contribution is 6.30. The molecule has 19 heavy (non-hydrogen) atoms. The molecular weight excluding hydrogens is 262 g/mol. The molecule has 1 aliphatic carbocycles. The molecule has 0 atom stereocenters. The van der Waals surface area contributed by atoms with E-state index in [1.807, 2.05) is 24.3 Å². The molecule has 3 rings (SSSR count). The van der Waals surface area contributed by atoms with Gasteiger partial charge in [-0.1, -0.05) is 28.9 Å². The summed E-state index contributed by atoms with van der Waals surface area (Å²) in [5.74, 6) is 1.05. The third-order valence-corrected chi connectivity index (χ3v) is 3.78. The van der Waals surface area contributed by atoms with Gasteiger partial charge in [0.05, 0.1) is 6.07 Å². The topological polar surface area (TPSA) is 62.7 Å². The van der Waals surface area contributed by atoms with Crippen molar-refractivity contribution in [3.8, 4) is 6.07 Å². The van der Waals surface area contributed by atoms with Crippen molar-refractivity contribution in [3.05, 3.63) is 46.6 Å². The molecule has 0 N–H and O–H groups in total. The molecule has 1 aromatic heterocycles. The largest absolute Gasteiger partial charge is 0.338 e. The molecule has 0 saturated heterocycles. The third-order valence-electron chi connectivity index (χ3n) is 3.55. The van der Waals surface area contributed by atoms with E-state index in [2.05, 4.69) is 16.2 Å². The van der Waals surface area contributed by atoms with Crippen LogP contribution in [0.4, 0.5) is 0 Å². The van der Waals surface area contributed by atoms with E-state index >= 15 is 0 Å². The Morgan fingerprint density at radius 1 is 1.42 bits per heavy atom. The molecule has 0 radical (unpaired) electrons. The van der Waals surface area contributed by atoms with Gasteiger partial charge in [0.15, 0.2) is 5.82 Å². The molecule has 0 spiro atoms. The van der Waals surface area contributed by atoms with E-state index in [0.717, 1.165) is 24.8 Å². The Morgan fingerprint density at radius 3 is 2.89 bits per heavy atom. The molecule has 2 aromatic rings. The van der Waals surface area contributed by atoms with Crippen LogP contribution in [-0.4, -0.2) is 10.1 Å². The average Bonchev–Trinajstić information content (AvgIpc) is 2.77. The van der Waals surface area contributed by atoms with Crippen molar-refractivity contribution in [1.29, 1.82) is 5.26 Å². The maximum atomic E-state index is 9.23. The van der Waals surface area contributed by atoms with Gasteiger partial charge in [-0.25, -0.2) is 0 Å². The zero-order valence-electron chi connectivity index (χ0n) is 10.3. The molecule has 1 aliphatic rings. The Bertz CT molecular complexity index is 640. The highest BCUT2D eigenvalue weighted by Crippen LogP contribution is 2.42. The summed E-state index contributed by atoms with van der Waals surface area (Å²) in [6.07, 6.45) is 3.22. The van der Waals surface area contributed by atoms with Gasteiger partial charge in [-0.05, 0) is 37.0 Å². The van der Waals surface area contributed by atoms with E-state index in [4.69, 9.17) is 16.1 Å². The van der Waals surface area contributed by atoms with E-state index in [1.165, 1.54) is 0 Å². The molecule has 1 saturated carbocycles. The first-order valence-corrected chi connectivity index (χ1v) is 6.58. The lowest BCUT2D eigenvalue weighted by Gasteiger charge is -2.30. The highest BCUT2D eigenvalue weighted by Gasteiger charge is 2.44. The van der Waals surface area contributed by atoms with E-state index in [9.17, 15) is 5.26 Å². The van der Waals surface area contributed by atoms with Gasteiger partial charge in [0.25, 0.3) is 0 Å². The van der Waals surface area contributed by atoms with Crippen LogP contribution < -0.4 is 0 Å². The molecule has 0 aliphatic heterocycles. The van der Waals surface area contributed by atoms with Crippen LogP contribution in [0.3, 0.4) is 0 Å². The van der Waals surface area contributed by atoms with Gasteiger partial charge in [0.2, 0.25) is 5.89 Å². The number of hydrogen-bond acceptors (Lipinski definition) is 4. The first kappa shape index (κ1) is 12.2. The van der Waals surface area contributed by atoms with Gasteiger partial charge in [0.1, 0.15) is 5.41 Å². The Kier molecular flexibility index (Phi) is 3.00. The summed E-state index contributed by atoms with van der Waals surface area (Å²) in [4.78, 5) is 4.36. The number of nitrogens with zero attached hydrogens (tertiary/aromatic N) is 3. The Labute approximate surface area is 116 Å². The van der Waals surface area contributed by atoms with Gasteiger partial charge in [-0.15, -0.1) is 0 Å². The summed E-state index contributed by atoms with van der Waals surface area (Å²) in [6, 6.07) is 9.86. The second kappa shape index (κ2) is 4.67. The van der Waals surface area contributed by atoms with Crippen molar-refractivity contribution < 1.29 is 4.52 Å². The molecule has 5 heteroatoms. The summed E-state index contributed by atoms with van der Waals surface area (Å²) in [6.45, 7) is 0. The van der Waals surface area contributed by atoms with Crippen LogP contribution >= 0.6 is 11.6 Å². The smallest absolute Gasteiger partial charge is 0.247 e. The number of aromatic nitrogens is 2. The van der Waals surface area contributed by atoms with E-state index in [0.29, 0.717) is 23.2 Å². The Morgan fingerprint density at radius 2 is 2.26 bits per heavy atom. The van der Waals surface area contributed by atoms with Crippen molar-refractivity contribution >= 4 is 11.6 Å². The second-order valence-electron chi connectivity index (χ2n) is 4.87. The molecule has 0 amide bonds. The van der Waals surface area contributed by atoms with Crippen molar-refractivity contribution in [2.75, 3.05) is 0 Å². The van der Waals surface area contributed by atoms with Crippen LogP contribution in [-0.2, 0) is 11.8 Å². The van der Waals surface area contributed by atoms with Crippen molar-refractivity contribution in [1.82, 2.24) is 10.1 Å². The van der Waals surface area contributed by atoms with Crippen LogP contribution in [0.5, 0.6) is 0 Å². The normalized spacial score (nSPS) is 16.6. The predicted molar refractivity (Wildman–Crippen MR) is 69.7 cm³/mol. The lowest BCUT2D eigenvalue weighted by Crippen LogP contribution is -2.32. The minimum Gasteiger partial charge on any atom is -0.338 e. The minimum absolute atomic E-state index is 0.457. The predicted octanol–water partition coefficient (Wildman–Crippen LogP) is 3.26. The van der Waals surface area contributed by atoms with Crippen molar-refractivity contribution in [2.45, 2.75) is 31.1 Å². The molecule has 1 aromatic carbocycles. The molecular formula is C14H12ClN3O. The fourth-order valence-corrected chi connectivity index (χ4v) is 2.47. The summed E-state index contributed by atoms with van der Waals surface area (Å²) < 4.78 is 5.25. The fraction of sp³-hybridized carbons (Fsp3) is 0.357. The number of rotatable bonds is 3. The first-order valence-electron chi connectivity index (χ1n) is 6.21. The fourth-order valence-electron chi connectivity index (χ4n) is 2.25.